The summed E-state index contributed by atoms with van der Waals surface area (Å²) in [5.74, 6) is 1.03. The van der Waals surface area contributed by atoms with Crippen molar-refractivity contribution < 1.29 is 14.3 Å². The summed E-state index contributed by atoms with van der Waals surface area (Å²) in [7, 11) is 1.60. The summed E-state index contributed by atoms with van der Waals surface area (Å²) in [5.41, 5.74) is 11.3. The Morgan fingerprint density at radius 1 is 1.32 bits per heavy atom. The first-order valence-corrected chi connectivity index (χ1v) is 11.3. The van der Waals surface area contributed by atoms with Crippen LogP contribution >= 0.6 is 0 Å². The number of methoxy groups -OCH3 is 1. The zero-order valence-electron chi connectivity index (χ0n) is 19.2. The summed E-state index contributed by atoms with van der Waals surface area (Å²) in [4.78, 5) is 19.2. The third-order valence-electron chi connectivity index (χ3n) is 6.61. The lowest BCUT2D eigenvalue weighted by molar-refractivity contribution is -0.118. The summed E-state index contributed by atoms with van der Waals surface area (Å²) in [6, 6.07) is 8.38. The monoisotopic (exact) mass is 464 g/mol. The molecule has 1 amide bonds. The van der Waals surface area contributed by atoms with Crippen LogP contribution < -0.4 is 20.5 Å². The van der Waals surface area contributed by atoms with Gasteiger partial charge in [0.1, 0.15) is 0 Å². The van der Waals surface area contributed by atoms with Gasteiger partial charge in [-0.05, 0) is 65.9 Å². The number of nitrogens with one attached hydrogen (secondary N) is 2. The van der Waals surface area contributed by atoms with E-state index in [1.54, 1.807) is 7.11 Å². The van der Waals surface area contributed by atoms with Crippen molar-refractivity contribution >= 4 is 11.9 Å². The van der Waals surface area contributed by atoms with Crippen molar-refractivity contribution in [3.8, 4) is 11.5 Å². The van der Waals surface area contributed by atoms with E-state index in [-0.39, 0.29) is 36.5 Å². The minimum atomic E-state index is -0.388. The van der Waals surface area contributed by atoms with Crippen molar-refractivity contribution in [2.24, 2.45) is 5.73 Å². The quantitative estimate of drug-likeness (QED) is 0.492. The van der Waals surface area contributed by atoms with Crippen LogP contribution in [0.1, 0.15) is 40.8 Å². The third kappa shape index (κ3) is 4.44. The first-order valence-electron chi connectivity index (χ1n) is 11.3. The van der Waals surface area contributed by atoms with E-state index in [1.165, 1.54) is 16.7 Å². The Bertz CT molecular complexity index is 1170. The predicted octanol–water partition coefficient (Wildman–Crippen LogP) is 1.34. The number of anilines is 1. The highest BCUT2D eigenvalue weighted by Gasteiger charge is 2.39. The number of hydrogen-bond donors (Lipinski definition) is 3. The Kier molecular flexibility index (Phi) is 6.12. The van der Waals surface area contributed by atoms with Gasteiger partial charge in [-0.15, -0.1) is 5.10 Å². The maximum atomic E-state index is 12.1. The summed E-state index contributed by atoms with van der Waals surface area (Å²) in [6.45, 7) is 3.69. The van der Waals surface area contributed by atoms with Gasteiger partial charge >= 0.3 is 0 Å². The number of carbonyl (C=O) groups excluding carboxylic acids is 1. The van der Waals surface area contributed by atoms with E-state index in [0.29, 0.717) is 11.5 Å². The number of pyridine rings is 1. The Balaban J connectivity index is 1.32. The van der Waals surface area contributed by atoms with Crippen LogP contribution in [-0.2, 0) is 11.2 Å². The van der Waals surface area contributed by atoms with Crippen LogP contribution in [0.4, 0.5) is 5.95 Å². The Morgan fingerprint density at radius 2 is 2.21 bits per heavy atom. The Labute approximate surface area is 197 Å². The molecule has 5 rings (SSSR count). The molecule has 0 unspecified atom stereocenters. The second kappa shape index (κ2) is 9.35. The van der Waals surface area contributed by atoms with Crippen LogP contribution in [0.2, 0.25) is 0 Å². The summed E-state index contributed by atoms with van der Waals surface area (Å²) in [6.07, 6.45) is 3.58. The lowest BCUT2D eigenvalue weighted by Gasteiger charge is -2.46. The molecular formula is C23H28N8O3. The van der Waals surface area contributed by atoms with Gasteiger partial charge in [-0.25, -0.2) is 0 Å². The summed E-state index contributed by atoms with van der Waals surface area (Å²) >= 11 is 0. The highest BCUT2D eigenvalue weighted by molar-refractivity contribution is 5.90. The van der Waals surface area contributed by atoms with Gasteiger partial charge in [-0.2, -0.15) is 5.21 Å². The van der Waals surface area contributed by atoms with E-state index < -0.39 is 0 Å². The Morgan fingerprint density at radius 3 is 2.97 bits per heavy atom. The molecule has 1 saturated heterocycles. The lowest BCUT2D eigenvalue weighted by atomic mass is 9.79. The molecule has 1 aromatic carbocycles. The van der Waals surface area contributed by atoms with Crippen molar-refractivity contribution in [3.63, 3.8) is 0 Å². The second-order valence-electron chi connectivity index (χ2n) is 8.80. The van der Waals surface area contributed by atoms with Crippen molar-refractivity contribution in [2.75, 3.05) is 32.1 Å². The number of tetrazole rings is 1. The molecular weight excluding hydrogens is 436 g/mol. The molecule has 2 aromatic heterocycles. The van der Waals surface area contributed by atoms with E-state index in [0.717, 1.165) is 31.6 Å². The van der Waals surface area contributed by atoms with Crippen LogP contribution in [0.5, 0.6) is 11.5 Å². The number of aryl methyl sites for hydroxylation is 1. The number of piperidine rings is 1. The van der Waals surface area contributed by atoms with Gasteiger partial charge in [-0.3, -0.25) is 20.0 Å². The molecule has 4 N–H and O–H groups in total. The number of aromatic nitrogens is 5. The highest BCUT2D eigenvalue weighted by atomic mass is 16.5. The number of aromatic amines is 1. The van der Waals surface area contributed by atoms with Crippen LogP contribution in [0.15, 0.2) is 30.5 Å². The number of rotatable bonds is 6. The van der Waals surface area contributed by atoms with Crippen molar-refractivity contribution in [3.05, 3.63) is 52.8 Å². The molecule has 2 aliphatic heterocycles. The van der Waals surface area contributed by atoms with Gasteiger partial charge in [0.15, 0.2) is 18.1 Å². The molecule has 4 heterocycles. The molecule has 0 spiro atoms. The fraction of sp³-hybridized carbons (Fsp3) is 0.435. The fourth-order valence-corrected chi connectivity index (χ4v) is 4.93. The predicted molar refractivity (Wildman–Crippen MR) is 124 cm³/mol. The van der Waals surface area contributed by atoms with E-state index in [1.807, 2.05) is 24.4 Å². The number of nitrogens with zero attached hydrogens (tertiary/aromatic N) is 5. The zero-order chi connectivity index (χ0) is 23.7. The lowest BCUT2D eigenvalue weighted by Crippen LogP contribution is -2.50. The molecule has 11 heteroatoms. The molecule has 2 aliphatic rings. The second-order valence-corrected chi connectivity index (χ2v) is 8.80. The van der Waals surface area contributed by atoms with Crippen molar-refractivity contribution in [1.82, 2.24) is 30.5 Å². The van der Waals surface area contributed by atoms with Crippen LogP contribution in [-0.4, -0.2) is 69.3 Å². The van der Waals surface area contributed by atoms with Crippen LogP contribution in [0.25, 0.3) is 0 Å². The third-order valence-corrected chi connectivity index (χ3v) is 6.61. The molecule has 178 valence electrons. The number of nitrogens with two attached hydrogens (primary N) is 1. The summed E-state index contributed by atoms with van der Waals surface area (Å²) in [5, 5.41) is 15.6. The molecule has 3 atom stereocenters. The molecule has 0 bridgehead atoms. The number of benzene rings is 1. The van der Waals surface area contributed by atoms with Gasteiger partial charge < -0.3 is 15.2 Å². The topological polar surface area (TPSA) is 144 Å². The van der Waals surface area contributed by atoms with Gasteiger partial charge in [0.25, 0.3) is 11.9 Å². The number of fused-ring (bicyclic) bond motifs is 3. The van der Waals surface area contributed by atoms with E-state index in [2.05, 4.69) is 48.8 Å². The number of hydrogen-bond acceptors (Lipinski definition) is 9. The molecule has 1 fully saturated rings. The first kappa shape index (κ1) is 22.2. The summed E-state index contributed by atoms with van der Waals surface area (Å²) < 4.78 is 11.4. The minimum Gasteiger partial charge on any atom is -0.493 e. The molecule has 0 aliphatic carbocycles. The van der Waals surface area contributed by atoms with E-state index >= 15 is 0 Å². The number of ether oxygens (including phenoxy) is 2. The average Bonchev–Trinajstić information content (AvgIpc) is 3.34. The van der Waals surface area contributed by atoms with Crippen LogP contribution in [0, 0.1) is 6.92 Å². The zero-order valence-corrected chi connectivity index (χ0v) is 19.2. The van der Waals surface area contributed by atoms with Gasteiger partial charge in [0.05, 0.1) is 7.11 Å². The maximum Gasteiger partial charge on any atom is 0.269 e. The molecule has 11 nitrogen and oxygen atoms in total. The minimum absolute atomic E-state index is 0.0113. The standard InChI is InChI=1S/C23H28N8O3/c1-13-3-5-25-18(7-13)16-11-31-6-4-14-8-21(34-12-22(32)26-23-27-29-30-28-23)20(33-2)9-15(14)19(31)10-17(16)24/h3,5,7-9,16-17,19H,4,6,10-12,24H2,1-2H3,(H2,26,27,28,29,30,32)/t16-,17-,19-/m0/s1. The number of H-pyrrole nitrogens is 1. The number of carbonyl (C=O) groups is 1. The normalized spacial score (nSPS) is 21.9. The van der Waals surface area contributed by atoms with Crippen molar-refractivity contribution in [2.45, 2.75) is 37.8 Å². The maximum absolute atomic E-state index is 12.1. The van der Waals surface area contributed by atoms with Gasteiger partial charge in [-0.1, -0.05) is 5.10 Å². The molecule has 34 heavy (non-hydrogen) atoms. The highest BCUT2D eigenvalue weighted by Crippen LogP contribution is 2.44. The number of amides is 1. The molecule has 3 aromatic rings. The average molecular weight is 465 g/mol. The molecule has 0 radical (unpaired) electrons. The smallest absolute Gasteiger partial charge is 0.269 e. The van der Waals surface area contributed by atoms with E-state index in [4.69, 9.17) is 15.2 Å². The largest absolute Gasteiger partial charge is 0.493 e. The molecule has 0 saturated carbocycles. The Hall–Kier alpha value is -3.57. The SMILES string of the molecule is COc1cc2c(cc1OCC(=O)Nc1nn[nH]n1)CCN1C[C@H](c3cc(C)ccn3)[C@@H](N)C[C@@H]21. The van der Waals surface area contributed by atoms with Gasteiger partial charge in [0.2, 0.25) is 0 Å². The van der Waals surface area contributed by atoms with Crippen molar-refractivity contribution in [1.29, 1.82) is 0 Å². The van der Waals surface area contributed by atoms with Gasteiger partial charge in [0, 0.05) is 43.0 Å². The van der Waals surface area contributed by atoms with Crippen LogP contribution in [0.3, 0.4) is 0 Å². The fourth-order valence-electron chi connectivity index (χ4n) is 4.93. The van der Waals surface area contributed by atoms with E-state index in [9.17, 15) is 4.79 Å². The first-order chi connectivity index (χ1) is 16.5.